The summed E-state index contributed by atoms with van der Waals surface area (Å²) in [6, 6.07) is 27.9. The minimum atomic E-state index is -0.0235. The van der Waals surface area contributed by atoms with Crippen LogP contribution in [0.15, 0.2) is 83.3 Å². The minimum Gasteiger partial charge on any atom is -0.455 e. The highest BCUT2D eigenvalue weighted by atomic mass is 16.3. The molecule has 5 aromatic rings. The van der Waals surface area contributed by atoms with Gasteiger partial charge in [-0.3, -0.25) is 0 Å². The topological polar surface area (TPSA) is 39.2 Å². The maximum atomic E-state index is 6.93. The van der Waals surface area contributed by atoms with E-state index in [9.17, 15) is 0 Å². The molecule has 0 fully saturated rings. The van der Waals surface area contributed by atoms with Gasteiger partial charge < -0.3 is 10.2 Å². The normalized spacial score (nSPS) is 12.5. The average Bonchev–Trinajstić information content (AvgIpc) is 3.17. The number of benzene rings is 4. The van der Waals surface area contributed by atoms with Gasteiger partial charge >= 0.3 is 0 Å². The number of furan rings is 1. The second kappa shape index (κ2) is 7.77. The molecule has 0 saturated heterocycles. The van der Waals surface area contributed by atoms with Crippen molar-refractivity contribution in [2.45, 2.75) is 52.4 Å². The summed E-state index contributed by atoms with van der Waals surface area (Å²) in [5.74, 6) is 0. The van der Waals surface area contributed by atoms with E-state index in [0.29, 0.717) is 0 Å². The average molecular weight is 448 g/mol. The highest BCUT2D eigenvalue weighted by Crippen LogP contribution is 2.43. The molecule has 2 heteroatoms. The molecule has 5 rings (SSSR count). The van der Waals surface area contributed by atoms with Crippen LogP contribution in [0, 0.1) is 0 Å². The molecule has 2 N–H and O–H groups in total. The van der Waals surface area contributed by atoms with Gasteiger partial charge in [-0.1, -0.05) is 102 Å². The van der Waals surface area contributed by atoms with Crippen molar-refractivity contribution in [2.75, 3.05) is 5.73 Å². The van der Waals surface area contributed by atoms with Gasteiger partial charge in [0.2, 0.25) is 0 Å². The molecule has 0 atom stereocenters. The van der Waals surface area contributed by atoms with Gasteiger partial charge in [-0.25, -0.2) is 0 Å². The lowest BCUT2D eigenvalue weighted by Crippen LogP contribution is -2.12. The number of hydrogen-bond donors (Lipinski definition) is 1. The molecule has 0 amide bonds. The molecule has 0 radical (unpaired) electrons. The van der Waals surface area contributed by atoms with Gasteiger partial charge in [0.1, 0.15) is 11.2 Å². The Morgan fingerprint density at radius 1 is 0.588 bits per heavy atom. The Morgan fingerprint density at radius 2 is 1.21 bits per heavy atom. The highest BCUT2D eigenvalue weighted by molar-refractivity contribution is 6.11. The van der Waals surface area contributed by atoms with Crippen LogP contribution in [0.1, 0.15) is 52.7 Å². The van der Waals surface area contributed by atoms with Gasteiger partial charge in [0.15, 0.2) is 0 Å². The van der Waals surface area contributed by atoms with Crippen LogP contribution in [0.4, 0.5) is 5.69 Å². The molecule has 0 saturated carbocycles. The number of nitrogen functional groups attached to an aromatic ring is 1. The Kier molecular flexibility index (Phi) is 5.09. The summed E-state index contributed by atoms with van der Waals surface area (Å²) in [6.07, 6.45) is 0. The van der Waals surface area contributed by atoms with Crippen molar-refractivity contribution < 1.29 is 4.42 Å². The standard InChI is InChI=1S/C32H33NO/c1-31(2,3)21-16-14-20(15-17-21)26-18-22(32(4,5)6)19-27(29(26)33)25-12-9-11-24-23-10-7-8-13-28(23)34-30(24)25/h7-19H,33H2,1-6H3. The first-order chi connectivity index (χ1) is 16.0. The molecule has 0 unspecified atom stereocenters. The van der Waals surface area contributed by atoms with E-state index in [1.807, 2.05) is 12.1 Å². The Balaban J connectivity index is 1.77. The Hall–Kier alpha value is -3.52. The van der Waals surface area contributed by atoms with E-state index in [1.54, 1.807) is 0 Å². The van der Waals surface area contributed by atoms with Gasteiger partial charge in [-0.05, 0) is 45.7 Å². The van der Waals surface area contributed by atoms with Gasteiger partial charge in [0.25, 0.3) is 0 Å². The SMILES string of the molecule is CC(C)(C)c1ccc(-c2cc(C(C)(C)C)cc(-c3cccc4c3oc3ccccc34)c2N)cc1. The quantitative estimate of drug-likeness (QED) is 0.274. The maximum absolute atomic E-state index is 6.93. The lowest BCUT2D eigenvalue weighted by Gasteiger charge is -2.24. The molecular weight excluding hydrogens is 414 g/mol. The van der Waals surface area contributed by atoms with Crippen molar-refractivity contribution in [1.82, 2.24) is 0 Å². The zero-order valence-electron chi connectivity index (χ0n) is 21.0. The summed E-state index contributed by atoms with van der Waals surface area (Å²) < 4.78 is 6.36. The number of rotatable bonds is 2. The predicted molar refractivity (Wildman–Crippen MR) is 146 cm³/mol. The van der Waals surface area contributed by atoms with E-state index >= 15 is 0 Å². The molecular formula is C32H33NO. The predicted octanol–water partition coefficient (Wildman–Crippen LogP) is 9.10. The first-order valence-corrected chi connectivity index (χ1v) is 12.0. The Bertz CT molecular complexity index is 1510. The zero-order chi connectivity index (χ0) is 24.3. The van der Waals surface area contributed by atoms with E-state index in [0.717, 1.165) is 49.9 Å². The van der Waals surface area contributed by atoms with Crippen LogP contribution in [-0.2, 0) is 10.8 Å². The fourth-order valence-corrected chi connectivity index (χ4v) is 4.66. The van der Waals surface area contributed by atoms with Crippen LogP contribution in [0.5, 0.6) is 0 Å². The summed E-state index contributed by atoms with van der Waals surface area (Å²) >= 11 is 0. The summed E-state index contributed by atoms with van der Waals surface area (Å²) in [5.41, 5.74) is 16.4. The summed E-state index contributed by atoms with van der Waals surface area (Å²) in [5, 5.41) is 2.24. The summed E-state index contributed by atoms with van der Waals surface area (Å²) in [4.78, 5) is 0. The van der Waals surface area contributed by atoms with E-state index < -0.39 is 0 Å². The van der Waals surface area contributed by atoms with Crippen molar-refractivity contribution in [3.05, 3.63) is 90.0 Å². The molecule has 1 heterocycles. The lowest BCUT2D eigenvalue weighted by molar-refractivity contribution is 0.590. The number of nitrogens with two attached hydrogens (primary N) is 1. The molecule has 0 bridgehead atoms. The number of anilines is 1. The fraction of sp³-hybridized carbons (Fsp3) is 0.250. The van der Waals surface area contributed by atoms with Crippen LogP contribution in [-0.4, -0.2) is 0 Å². The second-order valence-corrected chi connectivity index (χ2v) is 11.3. The molecule has 0 aliphatic heterocycles. The Morgan fingerprint density at radius 3 is 1.88 bits per heavy atom. The number of para-hydroxylation sites is 2. The smallest absolute Gasteiger partial charge is 0.143 e. The zero-order valence-corrected chi connectivity index (χ0v) is 21.0. The lowest BCUT2D eigenvalue weighted by atomic mass is 9.81. The number of fused-ring (bicyclic) bond motifs is 3. The first-order valence-electron chi connectivity index (χ1n) is 12.0. The largest absolute Gasteiger partial charge is 0.455 e. The van der Waals surface area contributed by atoms with Crippen molar-refractivity contribution in [2.24, 2.45) is 0 Å². The molecule has 2 nitrogen and oxygen atoms in total. The first kappa shape index (κ1) is 22.3. The van der Waals surface area contributed by atoms with E-state index in [1.165, 1.54) is 11.1 Å². The molecule has 1 aromatic heterocycles. The highest BCUT2D eigenvalue weighted by Gasteiger charge is 2.22. The van der Waals surface area contributed by atoms with Gasteiger partial charge in [0, 0.05) is 33.2 Å². The third-order valence-corrected chi connectivity index (χ3v) is 6.80. The van der Waals surface area contributed by atoms with Crippen LogP contribution < -0.4 is 5.73 Å². The third-order valence-electron chi connectivity index (χ3n) is 6.80. The second-order valence-electron chi connectivity index (χ2n) is 11.3. The van der Waals surface area contributed by atoms with Crippen LogP contribution in [0.25, 0.3) is 44.2 Å². The van der Waals surface area contributed by atoms with E-state index in [2.05, 4.69) is 108 Å². The van der Waals surface area contributed by atoms with Gasteiger partial charge in [-0.15, -0.1) is 0 Å². The van der Waals surface area contributed by atoms with Crippen LogP contribution in [0.3, 0.4) is 0 Å². The molecule has 0 spiro atoms. The van der Waals surface area contributed by atoms with E-state index in [4.69, 9.17) is 10.2 Å². The Labute approximate surface area is 202 Å². The third kappa shape index (κ3) is 3.77. The van der Waals surface area contributed by atoms with Crippen LogP contribution >= 0.6 is 0 Å². The summed E-state index contributed by atoms with van der Waals surface area (Å²) in [6.45, 7) is 13.5. The summed E-state index contributed by atoms with van der Waals surface area (Å²) in [7, 11) is 0. The molecule has 172 valence electrons. The maximum Gasteiger partial charge on any atom is 0.143 e. The molecule has 34 heavy (non-hydrogen) atoms. The van der Waals surface area contributed by atoms with Crippen LogP contribution in [0.2, 0.25) is 0 Å². The van der Waals surface area contributed by atoms with Crippen molar-refractivity contribution in [3.8, 4) is 22.3 Å². The van der Waals surface area contributed by atoms with Crippen molar-refractivity contribution in [3.63, 3.8) is 0 Å². The fourth-order valence-electron chi connectivity index (χ4n) is 4.66. The molecule has 0 aliphatic carbocycles. The number of hydrogen-bond acceptors (Lipinski definition) is 2. The monoisotopic (exact) mass is 447 g/mol. The van der Waals surface area contributed by atoms with Crippen molar-refractivity contribution in [1.29, 1.82) is 0 Å². The van der Waals surface area contributed by atoms with Crippen molar-refractivity contribution >= 4 is 27.6 Å². The van der Waals surface area contributed by atoms with E-state index in [-0.39, 0.29) is 10.8 Å². The minimum absolute atomic E-state index is 0.0235. The molecule has 4 aromatic carbocycles. The van der Waals surface area contributed by atoms with Gasteiger partial charge in [-0.2, -0.15) is 0 Å². The van der Waals surface area contributed by atoms with Gasteiger partial charge in [0.05, 0.1) is 0 Å². The molecule has 0 aliphatic rings.